The molecule has 1 aromatic carbocycles. The molecule has 3 aromatic rings. The molecule has 0 saturated heterocycles. The number of H-pyrrole nitrogens is 1. The summed E-state index contributed by atoms with van der Waals surface area (Å²) in [5.74, 6) is -0.0794. The Bertz CT molecular complexity index is 1060. The quantitative estimate of drug-likeness (QED) is 0.728. The lowest BCUT2D eigenvalue weighted by Crippen LogP contribution is -2.27. The minimum absolute atomic E-state index is 0.0959. The van der Waals surface area contributed by atoms with Crippen molar-refractivity contribution in [2.24, 2.45) is 0 Å². The van der Waals surface area contributed by atoms with Crippen LogP contribution >= 0.6 is 0 Å². The molecule has 0 aliphatic rings. The van der Waals surface area contributed by atoms with E-state index in [1.54, 1.807) is 26.8 Å². The number of anilines is 1. The Morgan fingerprint density at radius 2 is 2.00 bits per heavy atom. The number of nitrogens with zero attached hydrogens (tertiary/aromatic N) is 2. The fourth-order valence-electron chi connectivity index (χ4n) is 2.21. The van der Waals surface area contributed by atoms with Crippen LogP contribution in [0.15, 0.2) is 41.5 Å². The number of carbonyl (C=O) groups is 1. The van der Waals surface area contributed by atoms with Gasteiger partial charge in [0.25, 0.3) is 5.56 Å². The Morgan fingerprint density at radius 1 is 1.22 bits per heavy atom. The van der Waals surface area contributed by atoms with Crippen LogP contribution in [0.5, 0.6) is 11.5 Å². The zero-order valence-electron chi connectivity index (χ0n) is 14.9. The van der Waals surface area contributed by atoms with Crippen LogP contribution in [0.25, 0.3) is 11.2 Å². The van der Waals surface area contributed by atoms with E-state index >= 15 is 0 Å². The van der Waals surface area contributed by atoms with Crippen LogP contribution in [0.2, 0.25) is 0 Å². The van der Waals surface area contributed by atoms with Crippen LogP contribution in [-0.4, -0.2) is 26.6 Å². The number of aromatic amines is 1. The Labute approximate surface area is 153 Å². The van der Waals surface area contributed by atoms with E-state index in [0.717, 1.165) is 12.3 Å². The SMILES string of the molecule is CC(C)(C)OC(=O)Nc1cc(Oc2ccnc3[nH]c(=O)cnc23)ccc1F. The summed E-state index contributed by atoms with van der Waals surface area (Å²) in [4.78, 5) is 33.8. The molecule has 0 spiro atoms. The zero-order chi connectivity index (χ0) is 19.6. The first kappa shape index (κ1) is 18.3. The molecular formula is C18H17FN4O4. The molecule has 0 saturated carbocycles. The Kier molecular flexibility index (Phi) is 4.76. The normalized spacial score (nSPS) is 11.3. The number of hydrogen-bond acceptors (Lipinski definition) is 6. The van der Waals surface area contributed by atoms with Crippen LogP contribution < -0.4 is 15.6 Å². The smallest absolute Gasteiger partial charge is 0.412 e. The summed E-state index contributed by atoms with van der Waals surface area (Å²) in [5, 5.41) is 2.35. The van der Waals surface area contributed by atoms with Crippen molar-refractivity contribution in [3.63, 3.8) is 0 Å². The lowest BCUT2D eigenvalue weighted by Gasteiger charge is -2.20. The van der Waals surface area contributed by atoms with Crippen molar-refractivity contribution >= 4 is 22.9 Å². The Morgan fingerprint density at radius 3 is 2.74 bits per heavy atom. The average Bonchev–Trinajstić information content (AvgIpc) is 2.56. The summed E-state index contributed by atoms with van der Waals surface area (Å²) in [5.41, 5.74) is -0.607. The maximum absolute atomic E-state index is 14.0. The second kappa shape index (κ2) is 7.02. The molecule has 2 heterocycles. The predicted octanol–water partition coefficient (Wildman–Crippen LogP) is 3.60. The molecule has 3 rings (SSSR count). The van der Waals surface area contributed by atoms with Gasteiger partial charge in [-0.25, -0.2) is 19.2 Å². The number of hydrogen-bond donors (Lipinski definition) is 2. The maximum atomic E-state index is 14.0. The van der Waals surface area contributed by atoms with E-state index in [1.807, 2.05) is 0 Å². The molecule has 0 unspecified atom stereocenters. The van der Waals surface area contributed by atoms with Gasteiger partial charge < -0.3 is 14.5 Å². The number of ether oxygens (including phenoxy) is 2. The van der Waals surface area contributed by atoms with Crippen LogP contribution in [0.4, 0.5) is 14.9 Å². The topological polar surface area (TPSA) is 106 Å². The monoisotopic (exact) mass is 372 g/mol. The highest BCUT2D eigenvalue weighted by Crippen LogP contribution is 2.29. The van der Waals surface area contributed by atoms with E-state index in [4.69, 9.17) is 9.47 Å². The van der Waals surface area contributed by atoms with Crippen molar-refractivity contribution in [3.05, 3.63) is 52.8 Å². The van der Waals surface area contributed by atoms with Gasteiger partial charge in [0.2, 0.25) is 0 Å². The molecular weight excluding hydrogens is 355 g/mol. The Balaban J connectivity index is 1.87. The number of nitrogens with one attached hydrogen (secondary N) is 2. The van der Waals surface area contributed by atoms with Crippen LogP contribution in [0, 0.1) is 5.82 Å². The number of fused-ring (bicyclic) bond motifs is 1. The van der Waals surface area contributed by atoms with Crippen LogP contribution in [0.1, 0.15) is 20.8 Å². The lowest BCUT2D eigenvalue weighted by atomic mass is 10.2. The number of amides is 1. The molecule has 8 nitrogen and oxygen atoms in total. The highest BCUT2D eigenvalue weighted by molar-refractivity contribution is 5.85. The van der Waals surface area contributed by atoms with E-state index in [2.05, 4.69) is 20.3 Å². The Hall–Kier alpha value is -3.49. The molecule has 2 aromatic heterocycles. The van der Waals surface area contributed by atoms with Gasteiger partial charge in [-0.15, -0.1) is 0 Å². The summed E-state index contributed by atoms with van der Waals surface area (Å²) in [7, 11) is 0. The number of halogens is 1. The fourth-order valence-corrected chi connectivity index (χ4v) is 2.21. The molecule has 1 amide bonds. The number of rotatable bonds is 3. The molecule has 2 N–H and O–H groups in total. The van der Waals surface area contributed by atoms with Gasteiger partial charge >= 0.3 is 6.09 Å². The van der Waals surface area contributed by atoms with Crippen LogP contribution in [0.3, 0.4) is 0 Å². The average molecular weight is 372 g/mol. The minimum Gasteiger partial charge on any atom is -0.455 e. The molecule has 0 atom stereocenters. The molecule has 0 bridgehead atoms. The standard InChI is InChI=1S/C18H17FN4O4/c1-18(2,3)27-17(25)22-12-8-10(4-5-11(12)19)26-13-6-7-20-16-15(13)21-9-14(24)23-16/h4-9H,1-3H3,(H,22,25)(H,20,23,24). The molecule has 9 heteroatoms. The third kappa shape index (κ3) is 4.57. The van der Waals surface area contributed by atoms with Gasteiger partial charge in [-0.2, -0.15) is 0 Å². The summed E-state index contributed by atoms with van der Waals surface area (Å²) in [6.07, 6.45) is 1.77. The van der Waals surface area contributed by atoms with Crippen molar-refractivity contribution in [2.75, 3.05) is 5.32 Å². The van der Waals surface area contributed by atoms with Crippen molar-refractivity contribution in [1.82, 2.24) is 15.0 Å². The summed E-state index contributed by atoms with van der Waals surface area (Å²) < 4.78 is 24.9. The van der Waals surface area contributed by atoms with E-state index in [-0.39, 0.29) is 17.1 Å². The first-order valence-electron chi connectivity index (χ1n) is 8.03. The molecule has 0 radical (unpaired) electrons. The molecule has 0 aliphatic carbocycles. The summed E-state index contributed by atoms with van der Waals surface area (Å²) in [6.45, 7) is 5.11. The van der Waals surface area contributed by atoms with E-state index in [9.17, 15) is 14.0 Å². The van der Waals surface area contributed by atoms with Gasteiger partial charge in [0.05, 0.1) is 11.9 Å². The van der Waals surface area contributed by atoms with E-state index in [0.29, 0.717) is 11.3 Å². The molecule has 27 heavy (non-hydrogen) atoms. The third-order valence-electron chi connectivity index (χ3n) is 3.24. The second-order valence-corrected chi connectivity index (χ2v) is 6.62. The van der Waals surface area contributed by atoms with Crippen molar-refractivity contribution < 1.29 is 18.7 Å². The van der Waals surface area contributed by atoms with Crippen molar-refractivity contribution in [3.8, 4) is 11.5 Å². The highest BCUT2D eigenvalue weighted by Gasteiger charge is 2.18. The first-order valence-corrected chi connectivity index (χ1v) is 8.03. The van der Waals surface area contributed by atoms with Crippen molar-refractivity contribution in [1.29, 1.82) is 0 Å². The number of aromatic nitrogens is 3. The van der Waals surface area contributed by atoms with Crippen molar-refractivity contribution in [2.45, 2.75) is 26.4 Å². The van der Waals surface area contributed by atoms with Gasteiger partial charge in [0, 0.05) is 18.3 Å². The minimum atomic E-state index is -0.785. The van der Waals surface area contributed by atoms with Gasteiger partial charge in [-0.1, -0.05) is 0 Å². The largest absolute Gasteiger partial charge is 0.455 e. The fraction of sp³-hybridized carbons (Fsp3) is 0.222. The second-order valence-electron chi connectivity index (χ2n) is 6.62. The predicted molar refractivity (Wildman–Crippen MR) is 96.5 cm³/mol. The highest BCUT2D eigenvalue weighted by atomic mass is 19.1. The van der Waals surface area contributed by atoms with Gasteiger partial charge in [0.1, 0.15) is 22.7 Å². The molecule has 0 fully saturated rings. The first-order chi connectivity index (χ1) is 12.7. The molecule has 140 valence electrons. The number of pyridine rings is 1. The summed E-state index contributed by atoms with van der Waals surface area (Å²) in [6, 6.07) is 5.42. The van der Waals surface area contributed by atoms with Gasteiger partial charge in [0.15, 0.2) is 11.4 Å². The number of carbonyl (C=O) groups excluding carboxylic acids is 1. The summed E-state index contributed by atoms with van der Waals surface area (Å²) >= 11 is 0. The van der Waals surface area contributed by atoms with Gasteiger partial charge in [-0.05, 0) is 32.9 Å². The third-order valence-corrected chi connectivity index (χ3v) is 3.24. The van der Waals surface area contributed by atoms with Gasteiger partial charge in [-0.3, -0.25) is 10.1 Å². The van der Waals surface area contributed by atoms with E-state index in [1.165, 1.54) is 18.3 Å². The van der Waals surface area contributed by atoms with E-state index < -0.39 is 23.1 Å². The van der Waals surface area contributed by atoms with Crippen LogP contribution in [-0.2, 0) is 4.74 Å². The maximum Gasteiger partial charge on any atom is 0.412 e. The lowest BCUT2D eigenvalue weighted by molar-refractivity contribution is 0.0635. The zero-order valence-corrected chi connectivity index (χ0v) is 14.9. The molecule has 0 aliphatic heterocycles. The number of benzene rings is 1.